The number of allylic oxidation sites excluding steroid dienone is 2. The topological polar surface area (TPSA) is 30.2 Å². The van der Waals surface area contributed by atoms with Crippen molar-refractivity contribution in [1.29, 1.82) is 0 Å². The van der Waals surface area contributed by atoms with E-state index in [9.17, 15) is 4.79 Å². The van der Waals surface area contributed by atoms with Crippen LogP contribution in [0, 0.1) is 0 Å². The minimum absolute atomic E-state index is 0.115. The van der Waals surface area contributed by atoms with Crippen molar-refractivity contribution < 1.29 is 0 Å². The lowest BCUT2D eigenvalue weighted by Gasteiger charge is -2.32. The monoisotopic (exact) mass is 321 g/mol. The molecule has 0 spiro atoms. The second-order valence-corrected chi connectivity index (χ2v) is 6.38. The van der Waals surface area contributed by atoms with Gasteiger partial charge in [-0.2, -0.15) is 0 Å². The van der Waals surface area contributed by atoms with Gasteiger partial charge in [0.15, 0.2) is 0 Å². The lowest BCUT2D eigenvalue weighted by Crippen LogP contribution is -2.37. The summed E-state index contributed by atoms with van der Waals surface area (Å²) in [6.07, 6.45) is 12.3. The van der Waals surface area contributed by atoms with E-state index in [0.717, 1.165) is 37.1 Å². The third-order valence-electron chi connectivity index (χ3n) is 5.01. The van der Waals surface area contributed by atoms with Crippen LogP contribution >= 0.6 is 0 Å². The van der Waals surface area contributed by atoms with Crippen LogP contribution in [0.3, 0.4) is 0 Å². The Kier molecular flexibility index (Phi) is 3.89. The van der Waals surface area contributed by atoms with Gasteiger partial charge in [-0.25, -0.2) is 4.68 Å². The Bertz CT molecular complexity index is 842. The smallest absolute Gasteiger partial charge is 0.272 e. The molecule has 1 atom stereocenters. The summed E-state index contributed by atoms with van der Waals surface area (Å²) < 4.78 is 4.14. The van der Waals surface area contributed by atoms with Crippen LogP contribution in [-0.2, 0) is 19.4 Å². The first-order valence-electron chi connectivity index (χ1n) is 8.82. The van der Waals surface area contributed by atoms with Crippen LogP contribution in [0.25, 0.3) is 0 Å². The molecule has 4 heteroatoms. The molecule has 4 nitrogen and oxygen atoms in total. The third kappa shape index (κ3) is 2.33. The Morgan fingerprint density at radius 1 is 1.08 bits per heavy atom. The number of benzene rings is 1. The molecule has 2 aromatic rings. The van der Waals surface area contributed by atoms with Gasteiger partial charge in [0.25, 0.3) is 5.56 Å². The van der Waals surface area contributed by atoms with E-state index in [2.05, 4.69) is 40.9 Å². The van der Waals surface area contributed by atoms with Gasteiger partial charge in [0.1, 0.15) is 6.17 Å². The highest BCUT2D eigenvalue weighted by Gasteiger charge is 2.28. The van der Waals surface area contributed by atoms with E-state index in [-0.39, 0.29) is 11.7 Å². The van der Waals surface area contributed by atoms with Crippen LogP contribution in [0.4, 0.5) is 5.69 Å². The predicted octanol–water partition coefficient (Wildman–Crippen LogP) is 3.64. The maximum Gasteiger partial charge on any atom is 0.272 e. The van der Waals surface area contributed by atoms with E-state index in [1.807, 2.05) is 35.0 Å². The molecular weight excluding hydrogens is 298 g/mol. The molecule has 0 radical (unpaired) electrons. The summed E-state index contributed by atoms with van der Waals surface area (Å²) in [6.45, 7) is 2.95. The molecule has 1 aliphatic heterocycles. The van der Waals surface area contributed by atoms with E-state index in [1.54, 1.807) is 0 Å². The van der Waals surface area contributed by atoms with Crippen molar-refractivity contribution in [2.75, 3.05) is 4.90 Å². The number of fused-ring (bicyclic) bond motifs is 1. The van der Waals surface area contributed by atoms with E-state index < -0.39 is 0 Å². The number of anilines is 1. The van der Waals surface area contributed by atoms with Gasteiger partial charge >= 0.3 is 0 Å². The summed E-state index contributed by atoms with van der Waals surface area (Å²) in [6, 6.07) is 10.2. The Morgan fingerprint density at radius 2 is 1.88 bits per heavy atom. The van der Waals surface area contributed by atoms with E-state index in [0.29, 0.717) is 0 Å². The third-order valence-corrected chi connectivity index (χ3v) is 5.01. The minimum Gasteiger partial charge on any atom is -0.322 e. The van der Waals surface area contributed by atoms with E-state index in [4.69, 9.17) is 0 Å². The van der Waals surface area contributed by atoms with E-state index >= 15 is 0 Å². The summed E-state index contributed by atoms with van der Waals surface area (Å²) >= 11 is 0. The van der Waals surface area contributed by atoms with Crippen LogP contribution in [0.5, 0.6) is 0 Å². The molecule has 4 rings (SSSR count). The molecule has 0 saturated carbocycles. The number of rotatable bonds is 3. The average Bonchev–Trinajstić information content (AvgIpc) is 2.94. The van der Waals surface area contributed by atoms with Crippen LogP contribution in [0.15, 0.2) is 59.6 Å². The maximum atomic E-state index is 13.1. The molecule has 0 amide bonds. The highest BCUT2D eigenvalue weighted by Crippen LogP contribution is 2.28. The zero-order valence-corrected chi connectivity index (χ0v) is 14.1. The van der Waals surface area contributed by atoms with Crippen molar-refractivity contribution in [2.45, 2.75) is 45.3 Å². The van der Waals surface area contributed by atoms with Crippen molar-refractivity contribution >= 4 is 5.69 Å². The Labute approximate surface area is 142 Å². The van der Waals surface area contributed by atoms with Gasteiger partial charge in [-0.15, -0.1) is 0 Å². The zero-order chi connectivity index (χ0) is 16.5. The molecular formula is C20H23N3O. The van der Waals surface area contributed by atoms with Gasteiger partial charge in [0, 0.05) is 29.7 Å². The maximum absolute atomic E-state index is 13.1. The van der Waals surface area contributed by atoms with Crippen LogP contribution < -0.4 is 10.5 Å². The van der Waals surface area contributed by atoms with Gasteiger partial charge < -0.3 is 4.90 Å². The highest BCUT2D eigenvalue weighted by molar-refractivity contribution is 5.52. The molecule has 24 heavy (non-hydrogen) atoms. The molecule has 1 aromatic carbocycles. The SMILES string of the molecule is CCn1c2c(c(=O)n1C1C=CC=CN1c1ccccc1)CCCC2. The quantitative estimate of drug-likeness (QED) is 0.864. The van der Waals surface area contributed by atoms with Gasteiger partial charge in [0.05, 0.1) is 0 Å². The molecule has 0 bridgehead atoms. The van der Waals surface area contributed by atoms with Crippen LogP contribution in [0.1, 0.15) is 37.2 Å². The normalized spacial score (nSPS) is 19.5. The number of nitrogens with zero attached hydrogens (tertiary/aromatic N) is 3. The standard InChI is InChI=1S/C20H23N3O/c1-2-22-18-13-7-6-12-17(18)20(24)23(22)19-14-8-9-15-21(19)16-10-4-3-5-11-16/h3-5,8-11,14-15,19H,2,6-7,12-13H2,1H3. The summed E-state index contributed by atoms with van der Waals surface area (Å²) in [7, 11) is 0. The van der Waals surface area contributed by atoms with Crippen molar-refractivity contribution in [2.24, 2.45) is 0 Å². The number of hydrogen-bond acceptors (Lipinski definition) is 2. The molecule has 0 fully saturated rings. The fraction of sp³-hybridized carbons (Fsp3) is 0.350. The minimum atomic E-state index is -0.115. The highest BCUT2D eigenvalue weighted by atomic mass is 16.1. The van der Waals surface area contributed by atoms with Crippen molar-refractivity contribution in [3.05, 3.63) is 76.4 Å². The number of para-hydroxylation sites is 1. The first kappa shape index (κ1) is 15.1. The zero-order valence-electron chi connectivity index (χ0n) is 14.1. The summed E-state index contributed by atoms with van der Waals surface area (Å²) in [5.74, 6) is 0. The van der Waals surface area contributed by atoms with Crippen LogP contribution in [0.2, 0.25) is 0 Å². The number of aromatic nitrogens is 2. The fourth-order valence-electron chi connectivity index (χ4n) is 3.91. The summed E-state index contributed by atoms with van der Waals surface area (Å²) in [4.78, 5) is 15.3. The molecule has 2 heterocycles. The molecule has 124 valence electrons. The second kappa shape index (κ2) is 6.19. The molecule has 1 unspecified atom stereocenters. The van der Waals surface area contributed by atoms with Gasteiger partial charge in [-0.05, 0) is 56.9 Å². The van der Waals surface area contributed by atoms with Crippen LogP contribution in [-0.4, -0.2) is 9.36 Å². The van der Waals surface area contributed by atoms with Crippen molar-refractivity contribution in [3.63, 3.8) is 0 Å². The lowest BCUT2D eigenvalue weighted by atomic mass is 9.98. The van der Waals surface area contributed by atoms with Crippen molar-refractivity contribution in [3.8, 4) is 0 Å². The van der Waals surface area contributed by atoms with Gasteiger partial charge in [-0.3, -0.25) is 9.48 Å². The molecule has 1 aromatic heterocycles. The lowest BCUT2D eigenvalue weighted by molar-refractivity contribution is 0.405. The summed E-state index contributed by atoms with van der Waals surface area (Å²) in [5.41, 5.74) is 3.54. The Morgan fingerprint density at radius 3 is 2.67 bits per heavy atom. The first-order valence-corrected chi connectivity index (χ1v) is 8.82. The van der Waals surface area contributed by atoms with Gasteiger partial charge in [0.2, 0.25) is 0 Å². The second-order valence-electron chi connectivity index (χ2n) is 6.38. The largest absolute Gasteiger partial charge is 0.322 e. The molecule has 0 N–H and O–H groups in total. The van der Waals surface area contributed by atoms with Crippen molar-refractivity contribution in [1.82, 2.24) is 9.36 Å². The molecule has 1 aliphatic carbocycles. The Balaban J connectivity index is 1.85. The summed E-state index contributed by atoms with van der Waals surface area (Å²) in [5, 5.41) is 0. The number of hydrogen-bond donors (Lipinski definition) is 0. The average molecular weight is 321 g/mol. The van der Waals surface area contributed by atoms with Gasteiger partial charge in [-0.1, -0.05) is 24.3 Å². The first-order chi connectivity index (χ1) is 11.8. The fourth-order valence-corrected chi connectivity index (χ4v) is 3.91. The molecule has 2 aliphatic rings. The molecule has 0 saturated heterocycles. The predicted molar refractivity (Wildman–Crippen MR) is 97.2 cm³/mol. The Hall–Kier alpha value is -2.49. The van der Waals surface area contributed by atoms with E-state index in [1.165, 1.54) is 12.1 Å².